The first-order valence-electron chi connectivity index (χ1n) is 7.54. The minimum Gasteiger partial charge on any atom is -0.379 e. The summed E-state index contributed by atoms with van der Waals surface area (Å²) in [5.41, 5.74) is 3.68. The second kappa shape index (κ2) is 5.10. The summed E-state index contributed by atoms with van der Waals surface area (Å²) >= 11 is 0. The zero-order chi connectivity index (χ0) is 14.2. The fourth-order valence-corrected chi connectivity index (χ4v) is 3.36. The average Bonchev–Trinajstić information content (AvgIpc) is 3.01. The van der Waals surface area contributed by atoms with Gasteiger partial charge in [-0.15, -0.1) is 0 Å². The Balaban J connectivity index is 1.90. The van der Waals surface area contributed by atoms with Crippen molar-refractivity contribution in [1.82, 2.24) is 0 Å². The van der Waals surface area contributed by atoms with Gasteiger partial charge in [0, 0.05) is 5.69 Å². The van der Waals surface area contributed by atoms with Crippen molar-refractivity contribution in [2.45, 2.75) is 51.4 Å². The monoisotopic (exact) mass is 269 g/mol. The number of para-hydroxylation sites is 1. The third-order valence-corrected chi connectivity index (χ3v) is 4.65. The van der Waals surface area contributed by atoms with Gasteiger partial charge in [-0.3, -0.25) is 0 Å². The molecule has 3 rings (SSSR count). The van der Waals surface area contributed by atoms with E-state index in [4.69, 9.17) is 4.74 Å². The highest BCUT2D eigenvalue weighted by molar-refractivity contribution is 5.51. The van der Waals surface area contributed by atoms with Crippen molar-refractivity contribution < 1.29 is 4.74 Å². The summed E-state index contributed by atoms with van der Waals surface area (Å²) in [6.45, 7) is 6.64. The topological polar surface area (TPSA) is 21.3 Å². The van der Waals surface area contributed by atoms with Crippen molar-refractivity contribution in [2.75, 3.05) is 5.32 Å². The van der Waals surface area contributed by atoms with E-state index >= 15 is 0 Å². The van der Waals surface area contributed by atoms with Crippen LogP contribution in [0.5, 0.6) is 0 Å². The Morgan fingerprint density at radius 1 is 1.25 bits per heavy atom. The molecule has 1 N–H and O–H groups in total. The van der Waals surface area contributed by atoms with Crippen LogP contribution in [0.3, 0.4) is 0 Å². The van der Waals surface area contributed by atoms with Crippen molar-refractivity contribution in [3.8, 4) is 0 Å². The fraction of sp³-hybridized carbons (Fsp3) is 0.444. The van der Waals surface area contributed by atoms with Crippen LogP contribution in [0.25, 0.3) is 0 Å². The second-order valence-corrected chi connectivity index (χ2v) is 5.85. The fourth-order valence-electron chi connectivity index (χ4n) is 3.36. The Morgan fingerprint density at radius 2 is 2.00 bits per heavy atom. The summed E-state index contributed by atoms with van der Waals surface area (Å²) < 4.78 is 6.32. The smallest absolute Gasteiger partial charge is 0.129 e. The van der Waals surface area contributed by atoms with Gasteiger partial charge in [0.15, 0.2) is 0 Å². The first kappa shape index (κ1) is 13.4. The Hall–Kier alpha value is -1.54. The van der Waals surface area contributed by atoms with Gasteiger partial charge in [0.25, 0.3) is 0 Å². The van der Waals surface area contributed by atoms with Gasteiger partial charge in [0.1, 0.15) is 5.60 Å². The standard InChI is InChI=1S/C18H23NO/c1-4-8-17(19-15-9-6-5-7-10-15)18-12-11-16(20-18)13(2)14(18)3/h5-7,9-12,16-17,19H,4,8H2,1-3H3/t16-,17-,18?/m0/s1. The van der Waals surface area contributed by atoms with Gasteiger partial charge in [0.2, 0.25) is 0 Å². The van der Waals surface area contributed by atoms with Crippen LogP contribution >= 0.6 is 0 Å². The van der Waals surface area contributed by atoms with E-state index in [9.17, 15) is 0 Å². The predicted molar refractivity (Wildman–Crippen MR) is 83.9 cm³/mol. The van der Waals surface area contributed by atoms with Gasteiger partial charge in [-0.2, -0.15) is 0 Å². The molecule has 2 heterocycles. The summed E-state index contributed by atoms with van der Waals surface area (Å²) in [7, 11) is 0. The maximum atomic E-state index is 6.32. The lowest BCUT2D eigenvalue weighted by Gasteiger charge is -2.36. The molecule has 2 aliphatic rings. The van der Waals surface area contributed by atoms with Crippen LogP contribution < -0.4 is 5.32 Å². The molecule has 2 heteroatoms. The molecule has 1 unspecified atom stereocenters. The molecule has 0 spiro atoms. The van der Waals surface area contributed by atoms with Gasteiger partial charge < -0.3 is 10.1 Å². The molecule has 1 aromatic rings. The number of fused-ring (bicyclic) bond motifs is 2. The number of nitrogens with one attached hydrogen (secondary N) is 1. The molecular formula is C18H23NO. The molecule has 20 heavy (non-hydrogen) atoms. The second-order valence-electron chi connectivity index (χ2n) is 5.85. The summed E-state index contributed by atoms with van der Waals surface area (Å²) in [6, 6.07) is 10.7. The average molecular weight is 269 g/mol. The van der Waals surface area contributed by atoms with Crippen molar-refractivity contribution in [2.24, 2.45) is 0 Å². The van der Waals surface area contributed by atoms with Crippen LogP contribution in [-0.2, 0) is 4.74 Å². The molecule has 2 nitrogen and oxygen atoms in total. The Kier molecular flexibility index (Phi) is 3.43. The van der Waals surface area contributed by atoms with Crippen LogP contribution in [0.1, 0.15) is 33.6 Å². The maximum Gasteiger partial charge on any atom is 0.129 e. The summed E-state index contributed by atoms with van der Waals surface area (Å²) in [4.78, 5) is 0. The molecule has 2 bridgehead atoms. The van der Waals surface area contributed by atoms with Crippen LogP contribution in [0.4, 0.5) is 5.69 Å². The van der Waals surface area contributed by atoms with Gasteiger partial charge in [0.05, 0.1) is 12.1 Å². The molecule has 0 aliphatic carbocycles. The number of hydrogen-bond donors (Lipinski definition) is 1. The Bertz CT molecular complexity index is 546. The maximum absolute atomic E-state index is 6.32. The summed E-state index contributed by atoms with van der Waals surface area (Å²) in [5, 5.41) is 3.68. The highest BCUT2D eigenvalue weighted by atomic mass is 16.5. The predicted octanol–water partition coefficient (Wildman–Crippen LogP) is 4.31. The van der Waals surface area contributed by atoms with E-state index in [0.717, 1.165) is 18.5 Å². The lowest BCUT2D eigenvalue weighted by atomic mass is 9.81. The number of hydrogen-bond acceptors (Lipinski definition) is 2. The van der Waals surface area contributed by atoms with E-state index in [1.807, 2.05) is 6.07 Å². The van der Waals surface area contributed by atoms with Gasteiger partial charge in [-0.1, -0.05) is 37.6 Å². The van der Waals surface area contributed by atoms with E-state index in [1.54, 1.807) is 0 Å². The lowest BCUT2D eigenvalue weighted by molar-refractivity contribution is 0.0258. The number of ether oxygens (including phenoxy) is 1. The van der Waals surface area contributed by atoms with E-state index in [-0.39, 0.29) is 17.7 Å². The molecule has 0 saturated carbocycles. The van der Waals surface area contributed by atoms with Crippen LogP contribution in [0, 0.1) is 0 Å². The summed E-state index contributed by atoms with van der Waals surface area (Å²) in [5.74, 6) is 0. The number of anilines is 1. The molecule has 0 radical (unpaired) electrons. The van der Waals surface area contributed by atoms with E-state index < -0.39 is 0 Å². The molecule has 0 aromatic heterocycles. The molecule has 0 saturated heterocycles. The molecule has 3 atom stereocenters. The minimum absolute atomic E-state index is 0.187. The number of rotatable bonds is 5. The number of benzene rings is 1. The highest BCUT2D eigenvalue weighted by Crippen LogP contribution is 2.46. The quantitative estimate of drug-likeness (QED) is 0.804. The van der Waals surface area contributed by atoms with Crippen molar-refractivity contribution in [3.63, 3.8) is 0 Å². The highest BCUT2D eigenvalue weighted by Gasteiger charge is 2.50. The lowest BCUT2D eigenvalue weighted by Crippen LogP contribution is -2.45. The van der Waals surface area contributed by atoms with Crippen molar-refractivity contribution in [3.05, 3.63) is 53.6 Å². The zero-order valence-electron chi connectivity index (χ0n) is 12.5. The third-order valence-electron chi connectivity index (χ3n) is 4.65. The van der Waals surface area contributed by atoms with Gasteiger partial charge in [-0.25, -0.2) is 0 Å². The van der Waals surface area contributed by atoms with E-state index in [2.05, 4.69) is 62.5 Å². The van der Waals surface area contributed by atoms with Crippen LogP contribution in [0.2, 0.25) is 0 Å². The van der Waals surface area contributed by atoms with Crippen LogP contribution in [-0.4, -0.2) is 17.7 Å². The Labute approximate surface area is 121 Å². The molecular weight excluding hydrogens is 246 g/mol. The van der Waals surface area contributed by atoms with Gasteiger partial charge >= 0.3 is 0 Å². The first-order chi connectivity index (χ1) is 9.67. The van der Waals surface area contributed by atoms with Crippen molar-refractivity contribution >= 4 is 5.69 Å². The normalized spacial score (nSPS) is 29.1. The molecule has 0 fully saturated rings. The third kappa shape index (κ3) is 1.99. The van der Waals surface area contributed by atoms with Crippen molar-refractivity contribution in [1.29, 1.82) is 0 Å². The van der Waals surface area contributed by atoms with E-state index in [1.165, 1.54) is 11.1 Å². The molecule has 1 aromatic carbocycles. The van der Waals surface area contributed by atoms with Gasteiger partial charge in [-0.05, 0) is 49.6 Å². The molecule has 2 aliphatic heterocycles. The summed E-state index contributed by atoms with van der Waals surface area (Å²) in [6.07, 6.45) is 6.89. The zero-order valence-corrected chi connectivity index (χ0v) is 12.5. The molecule has 0 amide bonds. The molecule has 106 valence electrons. The largest absolute Gasteiger partial charge is 0.379 e. The SMILES string of the molecule is CCC[C@H](Nc1ccccc1)C12C=C[C@H](O1)C(C)=C2C. The Morgan fingerprint density at radius 3 is 2.60 bits per heavy atom. The van der Waals surface area contributed by atoms with Crippen LogP contribution in [0.15, 0.2) is 53.6 Å². The minimum atomic E-state index is -0.249. The first-order valence-corrected chi connectivity index (χ1v) is 7.54. The van der Waals surface area contributed by atoms with E-state index in [0.29, 0.717) is 0 Å².